The molecule has 0 aliphatic carbocycles. The van der Waals surface area contributed by atoms with E-state index in [2.05, 4.69) is 10.6 Å². The second-order valence-electron chi connectivity index (χ2n) is 6.10. The molecule has 2 aromatic rings. The van der Waals surface area contributed by atoms with Gasteiger partial charge >= 0.3 is 0 Å². The van der Waals surface area contributed by atoms with E-state index in [0.29, 0.717) is 13.0 Å². The van der Waals surface area contributed by atoms with Gasteiger partial charge in [-0.15, -0.1) is 0 Å². The zero-order chi connectivity index (χ0) is 18.2. The summed E-state index contributed by atoms with van der Waals surface area (Å²) in [4.78, 5) is 23.6. The van der Waals surface area contributed by atoms with Crippen molar-refractivity contribution in [3.63, 3.8) is 0 Å². The number of carbonyl (C=O) groups excluding carboxylic acids is 2. The molecule has 5 heteroatoms. The molecular formula is C20H23FN2O2. The van der Waals surface area contributed by atoms with Gasteiger partial charge in [-0.3, -0.25) is 9.59 Å². The topological polar surface area (TPSA) is 58.2 Å². The van der Waals surface area contributed by atoms with Crippen LogP contribution in [0.4, 0.5) is 4.39 Å². The van der Waals surface area contributed by atoms with Crippen LogP contribution in [0.5, 0.6) is 0 Å². The number of hydrogen-bond donors (Lipinski definition) is 2. The number of halogens is 1. The third-order valence-corrected chi connectivity index (χ3v) is 3.87. The highest BCUT2D eigenvalue weighted by molar-refractivity contribution is 5.79. The third-order valence-electron chi connectivity index (χ3n) is 3.87. The SMILES string of the molecule is CC(=O)N[C@@H](CC(=O)NCCc1cccc(F)c1)c1ccc(C)cc1. The lowest BCUT2D eigenvalue weighted by Gasteiger charge is -2.18. The van der Waals surface area contributed by atoms with Crippen molar-refractivity contribution in [2.24, 2.45) is 0 Å². The highest BCUT2D eigenvalue weighted by Crippen LogP contribution is 2.17. The third kappa shape index (κ3) is 6.37. The number of aryl methyl sites for hydroxylation is 1. The molecule has 2 rings (SSSR count). The van der Waals surface area contributed by atoms with E-state index in [1.165, 1.54) is 19.1 Å². The first-order valence-corrected chi connectivity index (χ1v) is 8.29. The van der Waals surface area contributed by atoms with Crippen LogP contribution < -0.4 is 10.6 Å². The lowest BCUT2D eigenvalue weighted by Crippen LogP contribution is -2.33. The van der Waals surface area contributed by atoms with Crippen LogP contribution in [0, 0.1) is 12.7 Å². The first kappa shape index (κ1) is 18.6. The van der Waals surface area contributed by atoms with E-state index in [4.69, 9.17) is 0 Å². The molecule has 0 aromatic heterocycles. The number of rotatable bonds is 7. The predicted molar refractivity (Wildman–Crippen MR) is 95.5 cm³/mol. The van der Waals surface area contributed by atoms with E-state index >= 15 is 0 Å². The fourth-order valence-corrected chi connectivity index (χ4v) is 2.59. The summed E-state index contributed by atoms with van der Waals surface area (Å²) in [6, 6.07) is 13.7. The molecule has 1 atom stereocenters. The van der Waals surface area contributed by atoms with Crippen molar-refractivity contribution < 1.29 is 14.0 Å². The Morgan fingerprint density at radius 1 is 1.12 bits per heavy atom. The van der Waals surface area contributed by atoms with E-state index in [9.17, 15) is 14.0 Å². The van der Waals surface area contributed by atoms with Gasteiger partial charge in [-0.05, 0) is 36.6 Å². The molecule has 0 aliphatic rings. The van der Waals surface area contributed by atoms with Gasteiger partial charge in [0.25, 0.3) is 0 Å². The zero-order valence-electron chi connectivity index (χ0n) is 14.5. The van der Waals surface area contributed by atoms with Crippen LogP contribution in [0.15, 0.2) is 48.5 Å². The fraction of sp³-hybridized carbons (Fsp3) is 0.300. The quantitative estimate of drug-likeness (QED) is 0.812. The molecular weight excluding hydrogens is 319 g/mol. The zero-order valence-corrected chi connectivity index (χ0v) is 14.5. The van der Waals surface area contributed by atoms with Gasteiger partial charge in [-0.1, -0.05) is 42.0 Å². The van der Waals surface area contributed by atoms with Crippen LogP contribution in [-0.2, 0) is 16.0 Å². The summed E-state index contributed by atoms with van der Waals surface area (Å²) >= 11 is 0. The molecule has 132 valence electrons. The molecule has 4 nitrogen and oxygen atoms in total. The molecule has 0 saturated heterocycles. The normalized spacial score (nSPS) is 11.6. The smallest absolute Gasteiger partial charge is 0.222 e. The van der Waals surface area contributed by atoms with Crippen LogP contribution in [0.25, 0.3) is 0 Å². The molecule has 0 saturated carbocycles. The number of carbonyl (C=O) groups is 2. The first-order chi connectivity index (χ1) is 11.9. The Hall–Kier alpha value is -2.69. The van der Waals surface area contributed by atoms with Crippen molar-refractivity contribution in [3.05, 3.63) is 71.0 Å². The Bertz CT molecular complexity index is 729. The summed E-state index contributed by atoms with van der Waals surface area (Å²) in [6.45, 7) is 3.84. The van der Waals surface area contributed by atoms with Gasteiger partial charge in [0.15, 0.2) is 0 Å². The highest BCUT2D eigenvalue weighted by Gasteiger charge is 2.16. The van der Waals surface area contributed by atoms with Gasteiger partial charge in [0.05, 0.1) is 12.5 Å². The first-order valence-electron chi connectivity index (χ1n) is 8.29. The summed E-state index contributed by atoms with van der Waals surface area (Å²) in [7, 11) is 0. The Balaban J connectivity index is 1.90. The van der Waals surface area contributed by atoms with Crippen molar-refractivity contribution in [1.29, 1.82) is 0 Å². The minimum atomic E-state index is -0.368. The van der Waals surface area contributed by atoms with Crippen molar-refractivity contribution in [2.45, 2.75) is 32.7 Å². The van der Waals surface area contributed by atoms with Crippen molar-refractivity contribution in [1.82, 2.24) is 10.6 Å². The van der Waals surface area contributed by atoms with Crippen LogP contribution in [0.3, 0.4) is 0 Å². The summed E-state index contributed by atoms with van der Waals surface area (Å²) in [5, 5.41) is 5.64. The highest BCUT2D eigenvalue weighted by atomic mass is 19.1. The second kappa shape index (κ2) is 8.97. The molecule has 0 aliphatic heterocycles. The maximum atomic E-state index is 13.1. The van der Waals surface area contributed by atoms with Gasteiger partial charge in [0.2, 0.25) is 11.8 Å². The summed E-state index contributed by atoms with van der Waals surface area (Å²) in [6.07, 6.45) is 0.713. The lowest BCUT2D eigenvalue weighted by molar-refractivity contribution is -0.122. The number of amides is 2. The number of nitrogens with one attached hydrogen (secondary N) is 2. The average molecular weight is 342 g/mol. The van der Waals surface area contributed by atoms with E-state index < -0.39 is 0 Å². The van der Waals surface area contributed by atoms with E-state index in [1.54, 1.807) is 6.07 Å². The minimum absolute atomic E-state index is 0.157. The molecule has 2 aromatic carbocycles. The van der Waals surface area contributed by atoms with Gasteiger partial charge in [-0.2, -0.15) is 0 Å². The fourth-order valence-electron chi connectivity index (χ4n) is 2.59. The predicted octanol–water partition coefficient (Wildman–Crippen LogP) is 3.06. The molecule has 0 fully saturated rings. The Kier molecular flexibility index (Phi) is 6.69. The number of hydrogen-bond acceptors (Lipinski definition) is 2. The summed E-state index contributed by atoms with van der Waals surface area (Å²) in [5.74, 6) is -0.622. The van der Waals surface area contributed by atoms with Crippen LogP contribution in [-0.4, -0.2) is 18.4 Å². The minimum Gasteiger partial charge on any atom is -0.356 e. The maximum absolute atomic E-state index is 13.1. The second-order valence-corrected chi connectivity index (χ2v) is 6.10. The van der Waals surface area contributed by atoms with Crippen molar-refractivity contribution >= 4 is 11.8 Å². The van der Waals surface area contributed by atoms with Gasteiger partial charge in [0, 0.05) is 13.5 Å². The van der Waals surface area contributed by atoms with Crippen molar-refractivity contribution in [2.75, 3.05) is 6.54 Å². The van der Waals surface area contributed by atoms with Crippen LogP contribution >= 0.6 is 0 Å². The van der Waals surface area contributed by atoms with E-state index in [0.717, 1.165) is 16.7 Å². The van der Waals surface area contributed by atoms with Gasteiger partial charge in [-0.25, -0.2) is 4.39 Å². The average Bonchev–Trinajstić information content (AvgIpc) is 2.54. The molecule has 2 N–H and O–H groups in total. The van der Waals surface area contributed by atoms with E-state index in [1.807, 2.05) is 37.3 Å². The van der Waals surface area contributed by atoms with Gasteiger partial charge < -0.3 is 10.6 Å². The van der Waals surface area contributed by atoms with E-state index in [-0.39, 0.29) is 30.1 Å². The standard InChI is InChI=1S/C20H23FN2O2/c1-14-6-8-17(9-7-14)19(23-15(2)24)13-20(25)22-11-10-16-4-3-5-18(21)12-16/h3-9,12,19H,10-11,13H2,1-2H3,(H,22,25)(H,23,24)/t19-/m0/s1. The van der Waals surface area contributed by atoms with Crippen molar-refractivity contribution in [3.8, 4) is 0 Å². The number of benzene rings is 2. The van der Waals surface area contributed by atoms with Gasteiger partial charge in [0.1, 0.15) is 5.82 Å². The monoisotopic (exact) mass is 342 g/mol. The Labute approximate surface area is 147 Å². The Morgan fingerprint density at radius 2 is 1.84 bits per heavy atom. The van der Waals surface area contributed by atoms with Crippen LogP contribution in [0.1, 0.15) is 36.1 Å². The molecule has 0 spiro atoms. The lowest BCUT2D eigenvalue weighted by atomic mass is 10.0. The maximum Gasteiger partial charge on any atom is 0.222 e. The van der Waals surface area contributed by atoms with Crippen LogP contribution in [0.2, 0.25) is 0 Å². The molecule has 0 bridgehead atoms. The molecule has 2 amide bonds. The molecule has 25 heavy (non-hydrogen) atoms. The molecule has 0 radical (unpaired) electrons. The molecule has 0 heterocycles. The summed E-state index contributed by atoms with van der Waals surface area (Å²) < 4.78 is 13.1. The molecule has 0 unspecified atom stereocenters. The Morgan fingerprint density at radius 3 is 2.48 bits per heavy atom. The summed E-state index contributed by atoms with van der Waals surface area (Å²) in [5.41, 5.74) is 2.84. The largest absolute Gasteiger partial charge is 0.356 e.